The summed E-state index contributed by atoms with van der Waals surface area (Å²) < 4.78 is 18.2. The van der Waals surface area contributed by atoms with Gasteiger partial charge in [0.1, 0.15) is 28.7 Å². The van der Waals surface area contributed by atoms with Crippen LogP contribution in [0, 0.1) is 32.1 Å². The Morgan fingerprint density at radius 3 is 2.49 bits per heavy atom. The van der Waals surface area contributed by atoms with Crippen molar-refractivity contribution in [2.75, 3.05) is 0 Å². The fourth-order valence-electron chi connectivity index (χ4n) is 4.32. The van der Waals surface area contributed by atoms with E-state index in [0.717, 1.165) is 37.7 Å². The van der Waals surface area contributed by atoms with Crippen molar-refractivity contribution in [1.82, 2.24) is 0 Å². The predicted octanol–water partition coefficient (Wildman–Crippen LogP) is 6.56. The van der Waals surface area contributed by atoms with Crippen LogP contribution in [0.3, 0.4) is 0 Å². The third-order valence-electron chi connectivity index (χ3n) is 6.34. The molecule has 0 aliphatic carbocycles. The molecule has 1 unspecified atom stereocenters. The zero-order valence-corrected chi connectivity index (χ0v) is 20.9. The number of hydrogen-bond donors (Lipinski definition) is 1. The molecule has 0 amide bonds. The zero-order chi connectivity index (χ0) is 24.9. The Bertz CT molecular complexity index is 1580. The van der Waals surface area contributed by atoms with Crippen molar-refractivity contribution in [3.63, 3.8) is 0 Å². The number of carbonyl (C=O) groups is 1. The minimum atomic E-state index is -0.601. The number of ether oxygens (including phenoxy) is 2. The van der Waals surface area contributed by atoms with Gasteiger partial charge in [0.2, 0.25) is 11.6 Å². The molecule has 6 nitrogen and oxygen atoms in total. The second-order valence-corrected chi connectivity index (χ2v) is 9.47. The first-order valence-corrected chi connectivity index (χ1v) is 11.8. The van der Waals surface area contributed by atoms with Crippen molar-refractivity contribution in [1.29, 1.82) is 5.26 Å². The van der Waals surface area contributed by atoms with E-state index in [1.807, 2.05) is 57.2 Å². The largest absolute Gasteiger partial charge is 0.449 e. The summed E-state index contributed by atoms with van der Waals surface area (Å²) in [7, 11) is 0. The number of hydrogen-bond acceptors (Lipinski definition) is 6. The highest BCUT2D eigenvalue weighted by Crippen LogP contribution is 2.43. The lowest BCUT2D eigenvalue weighted by atomic mass is 9.83. The lowest BCUT2D eigenvalue weighted by molar-refractivity contribution is 0.0702. The van der Waals surface area contributed by atoms with E-state index in [2.05, 4.69) is 22.0 Å². The predicted molar refractivity (Wildman–Crippen MR) is 135 cm³/mol. The molecule has 0 spiro atoms. The topological polar surface area (TPSA) is 98.5 Å². The maximum atomic E-state index is 13.0. The summed E-state index contributed by atoms with van der Waals surface area (Å²) in [4.78, 5) is 13.0. The highest BCUT2D eigenvalue weighted by molar-refractivity contribution is 9.10. The van der Waals surface area contributed by atoms with Crippen molar-refractivity contribution >= 4 is 32.9 Å². The van der Waals surface area contributed by atoms with Crippen LogP contribution < -0.4 is 15.2 Å². The monoisotopic (exact) mass is 528 g/mol. The molecule has 2 heterocycles. The van der Waals surface area contributed by atoms with Gasteiger partial charge in [-0.25, -0.2) is 4.79 Å². The second kappa shape index (κ2) is 8.64. The minimum absolute atomic E-state index is 0.0234. The first-order chi connectivity index (χ1) is 16.8. The average molecular weight is 529 g/mol. The van der Waals surface area contributed by atoms with Gasteiger partial charge in [-0.3, -0.25) is 0 Å². The van der Waals surface area contributed by atoms with Gasteiger partial charge < -0.3 is 19.6 Å². The summed E-state index contributed by atoms with van der Waals surface area (Å²) in [6.45, 7) is 5.85. The molecular formula is C28H21BrN2O4. The Balaban J connectivity index is 1.49. The molecular weight excluding hydrogens is 508 g/mol. The fraction of sp³-hybridized carbons (Fsp3) is 0.143. The number of benzene rings is 3. The lowest BCUT2D eigenvalue weighted by Gasteiger charge is -2.26. The van der Waals surface area contributed by atoms with E-state index >= 15 is 0 Å². The third-order valence-corrected chi connectivity index (χ3v) is 6.87. The van der Waals surface area contributed by atoms with Gasteiger partial charge in [0.05, 0.1) is 5.92 Å². The maximum absolute atomic E-state index is 13.0. The number of nitrogens with zero attached hydrogens (tertiary/aromatic N) is 1. The van der Waals surface area contributed by atoms with Gasteiger partial charge in [-0.2, -0.15) is 5.26 Å². The molecule has 1 aliphatic heterocycles. The van der Waals surface area contributed by atoms with Crippen molar-refractivity contribution in [2.24, 2.45) is 5.73 Å². The summed E-state index contributed by atoms with van der Waals surface area (Å²) >= 11 is 3.44. The SMILES string of the molecule is Cc1cc2oc(C(=O)Oc3ccc4c(c3)OC(N)=C(C#N)C4c3ccc(Br)cc3)c(C)c2cc1C. The van der Waals surface area contributed by atoms with Crippen molar-refractivity contribution in [2.45, 2.75) is 26.7 Å². The van der Waals surface area contributed by atoms with E-state index in [-0.39, 0.29) is 17.4 Å². The van der Waals surface area contributed by atoms with E-state index in [4.69, 9.17) is 19.6 Å². The molecule has 0 bridgehead atoms. The first kappa shape index (κ1) is 22.8. The molecule has 1 aromatic heterocycles. The summed E-state index contributed by atoms with van der Waals surface area (Å²) in [5.74, 6) is -0.116. The molecule has 0 fully saturated rings. The van der Waals surface area contributed by atoms with Crippen LogP contribution in [0.1, 0.15) is 44.3 Å². The average Bonchev–Trinajstić information content (AvgIpc) is 3.14. The molecule has 4 aromatic rings. The number of furan rings is 1. The standard InChI is InChI=1S/C28H21BrN2O4/c1-14-10-21-16(3)26(34-23(21)11-15(14)2)28(32)33-19-8-9-20-24(12-19)35-27(31)22(13-30)25(20)17-4-6-18(29)7-5-17/h4-12,25H,31H2,1-3H3. The van der Waals surface area contributed by atoms with Gasteiger partial charge in [-0.1, -0.05) is 34.1 Å². The normalized spacial score (nSPS) is 14.9. The fourth-order valence-corrected chi connectivity index (χ4v) is 4.59. The van der Waals surface area contributed by atoms with E-state index in [1.54, 1.807) is 18.2 Å². The van der Waals surface area contributed by atoms with Gasteiger partial charge in [-0.05, 0) is 67.8 Å². The molecule has 0 saturated heterocycles. The molecule has 174 valence electrons. The van der Waals surface area contributed by atoms with Crippen LogP contribution in [0.15, 0.2) is 74.9 Å². The Hall–Kier alpha value is -4.02. The van der Waals surface area contributed by atoms with Gasteiger partial charge in [0, 0.05) is 27.1 Å². The number of allylic oxidation sites excluding steroid dienone is 1. The second-order valence-electron chi connectivity index (χ2n) is 8.55. The minimum Gasteiger partial charge on any atom is -0.449 e. The molecule has 35 heavy (non-hydrogen) atoms. The van der Waals surface area contributed by atoms with Crippen molar-refractivity contribution in [3.8, 4) is 17.6 Å². The molecule has 3 aromatic carbocycles. The zero-order valence-electron chi connectivity index (χ0n) is 19.3. The first-order valence-electron chi connectivity index (χ1n) is 11.0. The molecule has 0 saturated carbocycles. The van der Waals surface area contributed by atoms with E-state index in [1.165, 1.54) is 0 Å². The third kappa shape index (κ3) is 3.96. The highest BCUT2D eigenvalue weighted by atomic mass is 79.9. The molecule has 0 radical (unpaired) electrons. The molecule has 1 atom stereocenters. The van der Waals surface area contributed by atoms with Gasteiger partial charge in [0.15, 0.2) is 0 Å². The number of aryl methyl sites for hydroxylation is 3. The van der Waals surface area contributed by atoms with Crippen molar-refractivity contribution < 1.29 is 18.7 Å². The molecule has 7 heteroatoms. The number of carbonyl (C=O) groups excluding carboxylic acids is 1. The lowest BCUT2D eigenvalue weighted by Crippen LogP contribution is -2.21. The van der Waals surface area contributed by atoms with E-state index < -0.39 is 11.9 Å². The number of halogens is 1. The summed E-state index contributed by atoms with van der Waals surface area (Å²) in [5.41, 5.74) is 11.6. The number of nitriles is 1. The smallest absolute Gasteiger partial charge is 0.379 e. The van der Waals surface area contributed by atoms with Crippen LogP contribution >= 0.6 is 15.9 Å². The van der Waals surface area contributed by atoms with Crippen molar-refractivity contribution in [3.05, 3.63) is 104 Å². The van der Waals surface area contributed by atoms with E-state index in [0.29, 0.717) is 16.9 Å². The van der Waals surface area contributed by atoms with Crippen LogP contribution in [0.4, 0.5) is 0 Å². The molecule has 5 rings (SSSR count). The summed E-state index contributed by atoms with van der Waals surface area (Å²) in [6.07, 6.45) is 0. The number of esters is 1. The van der Waals surface area contributed by atoms with E-state index in [9.17, 15) is 10.1 Å². The van der Waals surface area contributed by atoms with Crippen LogP contribution in [-0.2, 0) is 0 Å². The van der Waals surface area contributed by atoms with Crippen LogP contribution in [-0.4, -0.2) is 5.97 Å². The Kier molecular flexibility index (Phi) is 5.62. The van der Waals surface area contributed by atoms with Gasteiger partial charge >= 0.3 is 5.97 Å². The highest BCUT2D eigenvalue weighted by Gasteiger charge is 2.31. The Labute approximate surface area is 210 Å². The molecule has 1 aliphatic rings. The van der Waals surface area contributed by atoms with Crippen LogP contribution in [0.25, 0.3) is 11.0 Å². The van der Waals surface area contributed by atoms with Crippen LogP contribution in [0.2, 0.25) is 0 Å². The number of fused-ring (bicyclic) bond motifs is 2. The summed E-state index contributed by atoms with van der Waals surface area (Å²) in [6, 6.07) is 18.8. The molecule has 2 N–H and O–H groups in total. The van der Waals surface area contributed by atoms with Crippen LogP contribution in [0.5, 0.6) is 11.5 Å². The number of rotatable bonds is 3. The summed E-state index contributed by atoms with van der Waals surface area (Å²) in [5, 5.41) is 10.6. The quantitative estimate of drug-likeness (QED) is 0.239. The van der Waals surface area contributed by atoms with Gasteiger partial charge in [0.25, 0.3) is 0 Å². The number of nitrogens with two attached hydrogens (primary N) is 1. The Morgan fingerprint density at radius 2 is 1.77 bits per heavy atom. The maximum Gasteiger partial charge on any atom is 0.379 e. The van der Waals surface area contributed by atoms with Gasteiger partial charge in [-0.15, -0.1) is 0 Å². The Morgan fingerprint density at radius 1 is 1.06 bits per heavy atom.